The molecule has 2 N–H and O–H groups in total. The summed E-state index contributed by atoms with van der Waals surface area (Å²) in [6.45, 7) is 3.77. The fraction of sp³-hybridized carbons (Fsp3) is 0.857. The standard InChI is InChI=1S/C14H24N2O4/c1-10-2-4-11(5-3-10)15-13(17)9-16-6-7-20-12(8-16)14(18)19/h10-12H,2-9H2,1H3,(H,15,17)(H,18,19). The fourth-order valence-corrected chi connectivity index (χ4v) is 2.88. The van der Waals surface area contributed by atoms with Gasteiger partial charge in [-0.25, -0.2) is 4.79 Å². The molecule has 0 radical (unpaired) electrons. The van der Waals surface area contributed by atoms with Gasteiger partial charge in [0.05, 0.1) is 13.2 Å². The molecule has 114 valence electrons. The largest absolute Gasteiger partial charge is 0.479 e. The number of carbonyl (C=O) groups excluding carboxylic acids is 1. The molecule has 1 unspecified atom stereocenters. The van der Waals surface area contributed by atoms with Crippen LogP contribution in [0.15, 0.2) is 0 Å². The lowest BCUT2D eigenvalue weighted by Gasteiger charge is -2.31. The van der Waals surface area contributed by atoms with E-state index in [0.717, 1.165) is 18.8 Å². The van der Waals surface area contributed by atoms with Gasteiger partial charge in [-0.3, -0.25) is 9.69 Å². The summed E-state index contributed by atoms with van der Waals surface area (Å²) in [5.74, 6) is -0.203. The van der Waals surface area contributed by atoms with Crippen LogP contribution in [-0.4, -0.2) is 60.3 Å². The van der Waals surface area contributed by atoms with Crippen molar-refractivity contribution in [2.75, 3.05) is 26.2 Å². The number of nitrogens with zero attached hydrogens (tertiary/aromatic N) is 1. The summed E-state index contributed by atoms with van der Waals surface area (Å²) in [5, 5.41) is 12.0. The maximum atomic E-state index is 12.0. The van der Waals surface area contributed by atoms with Gasteiger partial charge in [-0.2, -0.15) is 0 Å². The van der Waals surface area contributed by atoms with E-state index in [4.69, 9.17) is 9.84 Å². The Kier molecular flexibility index (Phi) is 5.37. The topological polar surface area (TPSA) is 78.9 Å². The van der Waals surface area contributed by atoms with Crippen LogP contribution < -0.4 is 5.32 Å². The SMILES string of the molecule is CC1CCC(NC(=O)CN2CCOC(C(=O)O)C2)CC1. The van der Waals surface area contributed by atoms with Crippen LogP contribution in [0.2, 0.25) is 0 Å². The molecule has 1 aliphatic heterocycles. The average Bonchev–Trinajstić information content (AvgIpc) is 2.41. The number of morpholine rings is 1. The summed E-state index contributed by atoms with van der Waals surface area (Å²) < 4.78 is 5.14. The van der Waals surface area contributed by atoms with Crippen LogP contribution in [-0.2, 0) is 14.3 Å². The van der Waals surface area contributed by atoms with Crippen molar-refractivity contribution in [3.05, 3.63) is 0 Å². The predicted molar refractivity (Wildman–Crippen MR) is 73.4 cm³/mol. The minimum absolute atomic E-state index is 0.00408. The highest BCUT2D eigenvalue weighted by molar-refractivity contribution is 5.78. The highest BCUT2D eigenvalue weighted by Crippen LogP contribution is 2.23. The Balaban J connectivity index is 1.72. The zero-order valence-corrected chi connectivity index (χ0v) is 12.0. The average molecular weight is 284 g/mol. The molecule has 1 atom stereocenters. The number of carboxylic acids is 1. The number of carbonyl (C=O) groups is 2. The summed E-state index contributed by atoms with van der Waals surface area (Å²) in [5.41, 5.74) is 0. The van der Waals surface area contributed by atoms with Gasteiger partial charge >= 0.3 is 5.97 Å². The first-order valence-corrected chi connectivity index (χ1v) is 7.40. The minimum atomic E-state index is -0.962. The molecule has 0 spiro atoms. The number of hydrogen-bond acceptors (Lipinski definition) is 4. The van der Waals surface area contributed by atoms with Crippen molar-refractivity contribution in [3.8, 4) is 0 Å². The molecule has 2 fully saturated rings. The summed E-state index contributed by atoms with van der Waals surface area (Å²) in [6, 6.07) is 0.287. The van der Waals surface area contributed by atoms with Gasteiger partial charge in [0.15, 0.2) is 6.10 Å². The number of ether oxygens (including phenoxy) is 1. The van der Waals surface area contributed by atoms with Gasteiger partial charge in [0, 0.05) is 19.1 Å². The van der Waals surface area contributed by atoms with E-state index in [-0.39, 0.29) is 25.0 Å². The Morgan fingerprint density at radius 3 is 2.65 bits per heavy atom. The maximum Gasteiger partial charge on any atom is 0.334 e. The first-order chi connectivity index (χ1) is 9.54. The number of rotatable bonds is 4. The fourth-order valence-electron chi connectivity index (χ4n) is 2.88. The zero-order chi connectivity index (χ0) is 14.5. The predicted octanol–water partition coefficient (Wildman–Crippen LogP) is 0.467. The minimum Gasteiger partial charge on any atom is -0.479 e. The van der Waals surface area contributed by atoms with E-state index >= 15 is 0 Å². The normalized spacial score (nSPS) is 31.8. The third kappa shape index (κ3) is 4.45. The van der Waals surface area contributed by atoms with E-state index < -0.39 is 12.1 Å². The Morgan fingerprint density at radius 1 is 1.30 bits per heavy atom. The summed E-state index contributed by atoms with van der Waals surface area (Å²) >= 11 is 0. The second-order valence-electron chi connectivity index (χ2n) is 5.96. The van der Waals surface area contributed by atoms with Crippen molar-refractivity contribution in [2.24, 2.45) is 5.92 Å². The second kappa shape index (κ2) is 7.04. The lowest BCUT2D eigenvalue weighted by Crippen LogP contribution is -2.50. The molecule has 0 aromatic heterocycles. The summed E-state index contributed by atoms with van der Waals surface area (Å²) in [4.78, 5) is 24.7. The van der Waals surface area contributed by atoms with Crippen LogP contribution in [0.3, 0.4) is 0 Å². The molecule has 2 aliphatic rings. The van der Waals surface area contributed by atoms with E-state index in [1.54, 1.807) is 0 Å². The molecule has 1 saturated carbocycles. The van der Waals surface area contributed by atoms with Crippen molar-refractivity contribution in [2.45, 2.75) is 44.8 Å². The monoisotopic (exact) mass is 284 g/mol. The third-order valence-electron chi connectivity index (χ3n) is 4.17. The van der Waals surface area contributed by atoms with Crippen molar-refractivity contribution >= 4 is 11.9 Å². The smallest absolute Gasteiger partial charge is 0.334 e. The van der Waals surface area contributed by atoms with Crippen LogP contribution in [0.1, 0.15) is 32.6 Å². The lowest BCUT2D eigenvalue weighted by molar-refractivity contribution is -0.156. The van der Waals surface area contributed by atoms with Gasteiger partial charge in [0.1, 0.15) is 0 Å². The van der Waals surface area contributed by atoms with Crippen LogP contribution in [0.25, 0.3) is 0 Å². The number of aliphatic carboxylic acids is 1. The van der Waals surface area contributed by atoms with E-state index in [2.05, 4.69) is 12.2 Å². The first kappa shape index (κ1) is 15.3. The molecule has 1 heterocycles. The maximum absolute atomic E-state index is 12.0. The van der Waals surface area contributed by atoms with E-state index in [1.807, 2.05) is 4.90 Å². The molecular weight excluding hydrogens is 260 g/mol. The van der Waals surface area contributed by atoms with E-state index in [0.29, 0.717) is 13.2 Å². The quantitative estimate of drug-likeness (QED) is 0.784. The molecule has 0 aromatic carbocycles. The van der Waals surface area contributed by atoms with E-state index in [1.165, 1.54) is 12.8 Å². The lowest BCUT2D eigenvalue weighted by atomic mass is 9.87. The molecule has 6 heteroatoms. The molecule has 1 amide bonds. The van der Waals surface area contributed by atoms with Crippen LogP contribution >= 0.6 is 0 Å². The van der Waals surface area contributed by atoms with Gasteiger partial charge in [0.25, 0.3) is 0 Å². The molecule has 0 bridgehead atoms. The van der Waals surface area contributed by atoms with E-state index in [9.17, 15) is 9.59 Å². The third-order valence-corrected chi connectivity index (χ3v) is 4.17. The molecule has 6 nitrogen and oxygen atoms in total. The van der Waals surface area contributed by atoms with Crippen LogP contribution in [0.4, 0.5) is 0 Å². The van der Waals surface area contributed by atoms with Crippen molar-refractivity contribution in [1.29, 1.82) is 0 Å². The van der Waals surface area contributed by atoms with Gasteiger partial charge in [0.2, 0.25) is 5.91 Å². The van der Waals surface area contributed by atoms with Crippen LogP contribution in [0.5, 0.6) is 0 Å². The van der Waals surface area contributed by atoms with Gasteiger partial charge < -0.3 is 15.2 Å². The molecule has 1 aliphatic carbocycles. The first-order valence-electron chi connectivity index (χ1n) is 7.40. The van der Waals surface area contributed by atoms with Crippen LogP contribution in [0, 0.1) is 5.92 Å². The second-order valence-corrected chi connectivity index (χ2v) is 5.96. The number of amides is 1. The Labute approximate surface area is 119 Å². The number of hydrogen-bond donors (Lipinski definition) is 2. The molecule has 20 heavy (non-hydrogen) atoms. The molecular formula is C14H24N2O4. The molecule has 0 aromatic rings. The Hall–Kier alpha value is -1.14. The van der Waals surface area contributed by atoms with Crippen molar-refractivity contribution in [1.82, 2.24) is 10.2 Å². The Morgan fingerprint density at radius 2 is 2.00 bits per heavy atom. The molecule has 1 saturated heterocycles. The Bertz CT molecular complexity index is 353. The highest BCUT2D eigenvalue weighted by atomic mass is 16.5. The summed E-state index contributed by atoms with van der Waals surface area (Å²) in [7, 11) is 0. The van der Waals surface area contributed by atoms with Gasteiger partial charge in [-0.05, 0) is 31.6 Å². The van der Waals surface area contributed by atoms with Gasteiger partial charge in [-0.15, -0.1) is 0 Å². The number of nitrogens with one attached hydrogen (secondary N) is 1. The molecule has 2 rings (SSSR count). The highest BCUT2D eigenvalue weighted by Gasteiger charge is 2.28. The summed E-state index contributed by atoms with van der Waals surface area (Å²) in [6.07, 6.45) is 3.63. The van der Waals surface area contributed by atoms with Crippen molar-refractivity contribution in [3.63, 3.8) is 0 Å². The number of carboxylic acid groups (broad SMARTS) is 1. The zero-order valence-electron chi connectivity index (χ0n) is 12.0. The van der Waals surface area contributed by atoms with Crippen molar-refractivity contribution < 1.29 is 19.4 Å². The van der Waals surface area contributed by atoms with Gasteiger partial charge in [-0.1, -0.05) is 6.92 Å².